The molecule has 0 unspecified atom stereocenters. The number of rotatable bonds is 2. The molecule has 5 nitrogen and oxygen atoms in total. The number of fused-ring (bicyclic) bond motifs is 2. The Balaban J connectivity index is 1.34. The van der Waals surface area contributed by atoms with Crippen LogP contribution in [0.1, 0.15) is 24.1 Å². The second kappa shape index (κ2) is 7.39. The van der Waals surface area contributed by atoms with Crippen molar-refractivity contribution < 1.29 is 4.74 Å². The van der Waals surface area contributed by atoms with Gasteiger partial charge in [-0.25, -0.2) is 9.97 Å². The molecular weight excluding hydrogens is 443 g/mol. The van der Waals surface area contributed by atoms with Gasteiger partial charge in [0, 0.05) is 55.9 Å². The van der Waals surface area contributed by atoms with E-state index in [0.29, 0.717) is 10.0 Å². The number of nitrogens with zero attached hydrogens (tertiary/aromatic N) is 4. The van der Waals surface area contributed by atoms with Gasteiger partial charge in [0.15, 0.2) is 0 Å². The lowest BCUT2D eigenvalue weighted by Gasteiger charge is -2.39. The minimum Gasteiger partial charge on any atom is -0.487 e. The minimum absolute atomic E-state index is 0.0997. The fraction of sp³-hybridized carbons (Fsp3) is 0.280. The largest absolute Gasteiger partial charge is 0.487 e. The number of imidazole rings is 1. The van der Waals surface area contributed by atoms with Crippen LogP contribution < -0.4 is 9.64 Å². The highest BCUT2D eigenvalue weighted by atomic mass is 35.5. The number of para-hydroxylation sites is 1. The van der Waals surface area contributed by atoms with E-state index in [4.69, 9.17) is 32.9 Å². The number of ether oxygens (including phenoxy) is 1. The van der Waals surface area contributed by atoms with Gasteiger partial charge in [0.1, 0.15) is 17.0 Å². The van der Waals surface area contributed by atoms with Crippen molar-refractivity contribution in [3.05, 3.63) is 76.2 Å². The van der Waals surface area contributed by atoms with E-state index in [2.05, 4.69) is 32.5 Å². The molecule has 2 aliphatic heterocycles. The van der Waals surface area contributed by atoms with Gasteiger partial charge in [0.25, 0.3) is 0 Å². The highest BCUT2D eigenvalue weighted by Crippen LogP contribution is 2.42. The van der Waals surface area contributed by atoms with Crippen molar-refractivity contribution in [3.63, 3.8) is 0 Å². The molecule has 2 aromatic carbocycles. The first kappa shape index (κ1) is 19.9. The van der Waals surface area contributed by atoms with Crippen molar-refractivity contribution in [1.29, 1.82) is 0 Å². The first-order valence-corrected chi connectivity index (χ1v) is 11.6. The smallest absolute Gasteiger partial charge is 0.211 e. The summed E-state index contributed by atoms with van der Waals surface area (Å²) in [4.78, 5) is 12.0. The second-order valence-corrected chi connectivity index (χ2v) is 9.44. The van der Waals surface area contributed by atoms with Crippen molar-refractivity contribution in [2.24, 2.45) is 0 Å². The summed E-state index contributed by atoms with van der Waals surface area (Å²) < 4.78 is 8.48. The Hall–Kier alpha value is -2.76. The Morgan fingerprint density at radius 2 is 1.84 bits per heavy atom. The van der Waals surface area contributed by atoms with Crippen LogP contribution in [0.25, 0.3) is 16.8 Å². The van der Waals surface area contributed by atoms with Crippen molar-refractivity contribution in [2.45, 2.75) is 31.8 Å². The van der Waals surface area contributed by atoms with Gasteiger partial charge in [0.2, 0.25) is 5.95 Å². The fourth-order valence-corrected chi connectivity index (χ4v) is 5.46. The fourth-order valence-electron chi connectivity index (χ4n) is 5.07. The Kier molecular flexibility index (Phi) is 4.60. The molecule has 2 aromatic heterocycles. The van der Waals surface area contributed by atoms with Crippen LogP contribution in [0.3, 0.4) is 0 Å². The van der Waals surface area contributed by atoms with E-state index in [1.54, 1.807) is 6.07 Å². The molecule has 0 amide bonds. The molecule has 162 valence electrons. The number of benzene rings is 2. The molecular formula is C25H22Cl2N4O. The quantitative estimate of drug-likeness (QED) is 0.365. The van der Waals surface area contributed by atoms with Crippen LogP contribution in [0.2, 0.25) is 10.0 Å². The van der Waals surface area contributed by atoms with Crippen LogP contribution >= 0.6 is 23.2 Å². The van der Waals surface area contributed by atoms with Crippen molar-refractivity contribution in [1.82, 2.24) is 14.4 Å². The lowest BCUT2D eigenvalue weighted by Crippen LogP contribution is -2.48. The van der Waals surface area contributed by atoms with E-state index < -0.39 is 0 Å². The van der Waals surface area contributed by atoms with Crippen LogP contribution in [0.4, 0.5) is 5.95 Å². The molecule has 4 aromatic rings. The van der Waals surface area contributed by atoms with Crippen molar-refractivity contribution in [3.8, 4) is 16.9 Å². The molecule has 6 rings (SSSR count). The summed E-state index contributed by atoms with van der Waals surface area (Å²) in [6.07, 6.45) is 6.67. The van der Waals surface area contributed by atoms with Crippen LogP contribution in [0.5, 0.6) is 5.75 Å². The number of anilines is 1. The summed E-state index contributed by atoms with van der Waals surface area (Å²) in [7, 11) is 0. The second-order valence-electron chi connectivity index (χ2n) is 8.65. The standard InChI is InChI=1S/C25H22Cl2N4O/c1-16-21(18-6-4-7-19(26)22(18)27)23-28-11-14-31(23)24(29-16)30-12-9-25(10-13-30)15-17-5-2-3-8-20(17)32-25/h2-8,11,14H,9-10,12-13,15H2,1H3. The van der Waals surface area contributed by atoms with Crippen LogP contribution in [0.15, 0.2) is 54.9 Å². The average molecular weight is 465 g/mol. The molecule has 1 spiro atoms. The van der Waals surface area contributed by atoms with Gasteiger partial charge >= 0.3 is 0 Å². The third kappa shape index (κ3) is 3.06. The Labute approximate surface area is 196 Å². The summed E-state index contributed by atoms with van der Waals surface area (Å²) in [6.45, 7) is 3.77. The third-order valence-corrected chi connectivity index (χ3v) is 7.52. The van der Waals surface area contributed by atoms with E-state index >= 15 is 0 Å². The topological polar surface area (TPSA) is 42.7 Å². The molecule has 0 bridgehead atoms. The molecule has 0 N–H and O–H groups in total. The van der Waals surface area contributed by atoms with Gasteiger partial charge in [-0.2, -0.15) is 0 Å². The van der Waals surface area contributed by atoms with Crippen LogP contribution in [-0.4, -0.2) is 33.1 Å². The van der Waals surface area contributed by atoms with Crippen LogP contribution in [-0.2, 0) is 6.42 Å². The van der Waals surface area contributed by atoms with E-state index in [9.17, 15) is 0 Å². The van der Waals surface area contributed by atoms with Gasteiger partial charge < -0.3 is 9.64 Å². The molecule has 0 saturated carbocycles. The van der Waals surface area contributed by atoms with Gasteiger partial charge in [-0.1, -0.05) is 53.5 Å². The molecule has 1 saturated heterocycles. The lowest BCUT2D eigenvalue weighted by atomic mass is 9.87. The molecule has 0 aliphatic carbocycles. The first-order chi connectivity index (χ1) is 15.5. The highest BCUT2D eigenvalue weighted by molar-refractivity contribution is 6.43. The maximum atomic E-state index is 6.54. The lowest BCUT2D eigenvalue weighted by molar-refractivity contribution is 0.0664. The minimum atomic E-state index is -0.0997. The van der Waals surface area contributed by atoms with Crippen LogP contribution in [0, 0.1) is 6.92 Å². The average Bonchev–Trinajstić information content (AvgIpc) is 3.41. The normalized spacial score (nSPS) is 17.0. The molecule has 7 heteroatoms. The molecule has 1 fully saturated rings. The summed E-state index contributed by atoms with van der Waals surface area (Å²) in [6, 6.07) is 14.1. The highest BCUT2D eigenvalue weighted by Gasteiger charge is 2.42. The zero-order chi connectivity index (χ0) is 21.9. The molecule has 0 radical (unpaired) electrons. The third-order valence-electron chi connectivity index (χ3n) is 6.70. The first-order valence-electron chi connectivity index (χ1n) is 10.8. The van der Waals surface area contributed by atoms with Gasteiger partial charge in [-0.3, -0.25) is 4.40 Å². The van der Waals surface area contributed by atoms with E-state index in [0.717, 1.165) is 66.5 Å². The Bertz CT molecular complexity index is 1310. The Morgan fingerprint density at radius 3 is 2.66 bits per heavy atom. The monoisotopic (exact) mass is 464 g/mol. The Morgan fingerprint density at radius 1 is 1.03 bits per heavy atom. The number of piperidine rings is 1. The SMILES string of the molecule is Cc1nc(N2CCC3(CC2)Cc2ccccc2O3)n2ccnc2c1-c1cccc(Cl)c1Cl. The van der Waals surface area contributed by atoms with E-state index in [1.165, 1.54) is 5.56 Å². The van der Waals surface area contributed by atoms with Gasteiger partial charge in [-0.05, 0) is 24.6 Å². The summed E-state index contributed by atoms with van der Waals surface area (Å²) >= 11 is 12.8. The summed E-state index contributed by atoms with van der Waals surface area (Å²) in [5, 5.41) is 1.05. The maximum absolute atomic E-state index is 6.54. The zero-order valence-electron chi connectivity index (χ0n) is 17.7. The zero-order valence-corrected chi connectivity index (χ0v) is 19.2. The molecule has 4 heterocycles. The summed E-state index contributed by atoms with van der Waals surface area (Å²) in [5.74, 6) is 1.94. The van der Waals surface area contributed by atoms with E-state index in [1.807, 2.05) is 37.5 Å². The number of hydrogen-bond acceptors (Lipinski definition) is 4. The maximum Gasteiger partial charge on any atom is 0.211 e. The van der Waals surface area contributed by atoms with Gasteiger partial charge in [-0.15, -0.1) is 0 Å². The number of halogens is 2. The molecule has 32 heavy (non-hydrogen) atoms. The predicted octanol–water partition coefficient (Wildman–Crippen LogP) is 5.99. The van der Waals surface area contributed by atoms with Crippen molar-refractivity contribution >= 4 is 34.8 Å². The molecule has 0 atom stereocenters. The van der Waals surface area contributed by atoms with Crippen molar-refractivity contribution in [2.75, 3.05) is 18.0 Å². The number of hydrogen-bond donors (Lipinski definition) is 0. The number of aromatic nitrogens is 3. The molecule has 2 aliphatic rings. The number of aryl methyl sites for hydroxylation is 1. The van der Waals surface area contributed by atoms with Gasteiger partial charge in [0.05, 0.1) is 15.7 Å². The summed E-state index contributed by atoms with van der Waals surface area (Å²) in [5.41, 5.74) is 4.69. The predicted molar refractivity (Wildman–Crippen MR) is 128 cm³/mol. The van der Waals surface area contributed by atoms with E-state index in [-0.39, 0.29) is 5.60 Å².